The topological polar surface area (TPSA) is 69.6 Å². The number of hydrogen-bond donors (Lipinski definition) is 2. The van der Waals surface area contributed by atoms with E-state index < -0.39 is 12.0 Å². The first kappa shape index (κ1) is 16.5. The van der Waals surface area contributed by atoms with E-state index in [1.54, 1.807) is 12.1 Å². The lowest BCUT2D eigenvalue weighted by molar-refractivity contribution is -0.144. The summed E-state index contributed by atoms with van der Waals surface area (Å²) in [6.45, 7) is 4.06. The summed E-state index contributed by atoms with van der Waals surface area (Å²) in [5.41, 5.74) is 0.659. The maximum absolute atomic E-state index is 12.0. The van der Waals surface area contributed by atoms with Crippen molar-refractivity contribution in [1.82, 2.24) is 10.2 Å². The fraction of sp³-hybridized carbons (Fsp3) is 0.529. The Hall–Kier alpha value is -1.88. The van der Waals surface area contributed by atoms with Crippen LogP contribution < -0.4 is 5.32 Å². The van der Waals surface area contributed by atoms with Gasteiger partial charge in [-0.1, -0.05) is 25.1 Å². The second-order valence-corrected chi connectivity index (χ2v) is 5.84. The highest BCUT2D eigenvalue weighted by Crippen LogP contribution is 2.19. The summed E-state index contributed by atoms with van der Waals surface area (Å²) in [6, 6.07) is 8.74. The molecule has 1 amide bonds. The molecule has 0 aromatic heterocycles. The number of aliphatic carboxylic acids is 1. The Bertz CT molecular complexity index is 504. The van der Waals surface area contributed by atoms with Crippen LogP contribution in [0.4, 0.5) is 0 Å². The van der Waals surface area contributed by atoms with Crippen molar-refractivity contribution in [3.8, 4) is 0 Å². The van der Waals surface area contributed by atoms with Gasteiger partial charge in [0.05, 0.1) is 0 Å². The van der Waals surface area contributed by atoms with Crippen LogP contribution in [0.5, 0.6) is 0 Å². The summed E-state index contributed by atoms with van der Waals surface area (Å²) < 4.78 is 0. The number of carboxylic acids is 1. The third kappa shape index (κ3) is 4.31. The van der Waals surface area contributed by atoms with E-state index in [1.807, 2.05) is 30.0 Å². The number of likely N-dealkylation sites (tertiary alicyclic amines) is 1. The average Bonchev–Trinajstić information content (AvgIpc) is 2.54. The van der Waals surface area contributed by atoms with E-state index in [-0.39, 0.29) is 5.91 Å². The van der Waals surface area contributed by atoms with E-state index in [2.05, 4.69) is 5.32 Å². The Morgan fingerprint density at radius 3 is 2.73 bits per heavy atom. The predicted octanol–water partition coefficient (Wildman–Crippen LogP) is 1.99. The summed E-state index contributed by atoms with van der Waals surface area (Å²) in [5.74, 6) is -0.505. The summed E-state index contributed by atoms with van der Waals surface area (Å²) in [5, 5.41) is 12.2. The molecule has 1 heterocycles. The van der Waals surface area contributed by atoms with Gasteiger partial charge < -0.3 is 10.4 Å². The number of carboxylic acid groups (broad SMARTS) is 1. The number of piperidine rings is 1. The summed E-state index contributed by atoms with van der Waals surface area (Å²) in [7, 11) is 0. The van der Waals surface area contributed by atoms with E-state index in [0.29, 0.717) is 24.4 Å². The minimum Gasteiger partial charge on any atom is -0.480 e. The van der Waals surface area contributed by atoms with Crippen molar-refractivity contribution in [1.29, 1.82) is 0 Å². The number of amides is 1. The highest BCUT2D eigenvalue weighted by molar-refractivity contribution is 5.94. The Labute approximate surface area is 131 Å². The lowest BCUT2D eigenvalue weighted by Gasteiger charge is -2.36. The van der Waals surface area contributed by atoms with Gasteiger partial charge in [0, 0.05) is 18.7 Å². The molecule has 1 aromatic rings. The number of nitrogens with zero attached hydrogens (tertiary/aromatic N) is 1. The van der Waals surface area contributed by atoms with Crippen LogP contribution in [0, 0.1) is 5.92 Å². The fourth-order valence-corrected chi connectivity index (χ4v) is 3.06. The predicted molar refractivity (Wildman–Crippen MR) is 84.8 cm³/mol. The van der Waals surface area contributed by atoms with Crippen LogP contribution in [0.3, 0.4) is 0 Å². The van der Waals surface area contributed by atoms with Gasteiger partial charge in [-0.05, 0) is 43.9 Å². The molecule has 1 aliphatic rings. The Balaban J connectivity index is 1.85. The third-order valence-corrected chi connectivity index (χ3v) is 4.25. The SMILES string of the molecule is CC[C@@H](C(=O)O)N1CCC[C@@H](CNC(=O)c2ccccc2)C1. The molecule has 0 unspecified atom stereocenters. The molecule has 5 nitrogen and oxygen atoms in total. The molecule has 2 rings (SSSR count). The quantitative estimate of drug-likeness (QED) is 0.843. The Morgan fingerprint density at radius 1 is 1.36 bits per heavy atom. The van der Waals surface area contributed by atoms with Crippen LogP contribution in [0.1, 0.15) is 36.5 Å². The van der Waals surface area contributed by atoms with Crippen LogP contribution in [-0.2, 0) is 4.79 Å². The number of rotatable bonds is 6. The molecule has 5 heteroatoms. The van der Waals surface area contributed by atoms with Crippen molar-refractivity contribution in [3.05, 3.63) is 35.9 Å². The normalized spacial score (nSPS) is 20.3. The number of carbonyl (C=O) groups excluding carboxylic acids is 1. The molecular weight excluding hydrogens is 280 g/mol. The largest absolute Gasteiger partial charge is 0.480 e. The van der Waals surface area contributed by atoms with E-state index in [4.69, 9.17) is 0 Å². The van der Waals surface area contributed by atoms with Crippen molar-refractivity contribution in [3.63, 3.8) is 0 Å². The molecule has 2 atom stereocenters. The van der Waals surface area contributed by atoms with E-state index >= 15 is 0 Å². The van der Waals surface area contributed by atoms with Crippen LogP contribution in [0.2, 0.25) is 0 Å². The molecule has 0 bridgehead atoms. The molecule has 1 aromatic carbocycles. The maximum Gasteiger partial charge on any atom is 0.320 e. The third-order valence-electron chi connectivity index (χ3n) is 4.25. The Morgan fingerprint density at radius 2 is 2.09 bits per heavy atom. The van der Waals surface area contributed by atoms with Crippen LogP contribution >= 0.6 is 0 Å². The summed E-state index contributed by atoms with van der Waals surface area (Å²) in [6.07, 6.45) is 2.62. The molecule has 120 valence electrons. The first-order valence-corrected chi connectivity index (χ1v) is 7.92. The molecule has 1 saturated heterocycles. The zero-order valence-electron chi connectivity index (χ0n) is 13.0. The van der Waals surface area contributed by atoms with Crippen LogP contribution in [-0.4, -0.2) is 47.6 Å². The van der Waals surface area contributed by atoms with Gasteiger partial charge in [-0.25, -0.2) is 0 Å². The van der Waals surface area contributed by atoms with Gasteiger partial charge >= 0.3 is 5.97 Å². The molecule has 0 aliphatic carbocycles. The number of benzene rings is 1. The van der Waals surface area contributed by atoms with Crippen molar-refractivity contribution in [2.75, 3.05) is 19.6 Å². The molecular formula is C17H24N2O3. The number of carbonyl (C=O) groups is 2. The van der Waals surface area contributed by atoms with E-state index in [1.165, 1.54) is 0 Å². The summed E-state index contributed by atoms with van der Waals surface area (Å²) >= 11 is 0. The second kappa shape index (κ2) is 7.94. The van der Waals surface area contributed by atoms with Crippen molar-refractivity contribution in [2.45, 2.75) is 32.2 Å². The summed E-state index contributed by atoms with van der Waals surface area (Å²) in [4.78, 5) is 25.4. The zero-order valence-corrected chi connectivity index (χ0v) is 13.0. The number of nitrogens with one attached hydrogen (secondary N) is 1. The van der Waals surface area contributed by atoms with Gasteiger partial charge in [0.2, 0.25) is 0 Å². The molecule has 2 N–H and O–H groups in total. The lowest BCUT2D eigenvalue weighted by atomic mass is 9.96. The first-order valence-electron chi connectivity index (χ1n) is 7.92. The highest BCUT2D eigenvalue weighted by atomic mass is 16.4. The van der Waals surface area contributed by atoms with Gasteiger partial charge in [0.1, 0.15) is 6.04 Å². The molecule has 0 spiro atoms. The first-order chi connectivity index (χ1) is 10.6. The zero-order chi connectivity index (χ0) is 15.9. The lowest BCUT2D eigenvalue weighted by Crippen LogP contribution is -2.48. The molecule has 1 fully saturated rings. The van der Waals surface area contributed by atoms with Crippen molar-refractivity contribution < 1.29 is 14.7 Å². The van der Waals surface area contributed by atoms with Gasteiger partial charge in [-0.3, -0.25) is 14.5 Å². The second-order valence-electron chi connectivity index (χ2n) is 5.84. The van der Waals surface area contributed by atoms with Gasteiger partial charge in [0.25, 0.3) is 5.91 Å². The molecule has 0 saturated carbocycles. The minimum absolute atomic E-state index is 0.0667. The Kier molecular flexibility index (Phi) is 5.95. The van der Waals surface area contributed by atoms with Gasteiger partial charge in [0.15, 0.2) is 0 Å². The van der Waals surface area contributed by atoms with Crippen molar-refractivity contribution in [2.24, 2.45) is 5.92 Å². The monoisotopic (exact) mass is 304 g/mol. The molecule has 22 heavy (non-hydrogen) atoms. The fourth-order valence-electron chi connectivity index (χ4n) is 3.06. The number of hydrogen-bond acceptors (Lipinski definition) is 3. The van der Waals surface area contributed by atoms with Gasteiger partial charge in [-0.15, -0.1) is 0 Å². The average molecular weight is 304 g/mol. The highest BCUT2D eigenvalue weighted by Gasteiger charge is 2.29. The standard InChI is InChI=1S/C17H24N2O3/c1-2-15(17(21)22)19-10-6-7-13(12-19)11-18-16(20)14-8-4-3-5-9-14/h3-5,8-9,13,15H,2,6-7,10-12H2,1H3,(H,18,20)(H,21,22)/t13-,15-/m0/s1. The molecule has 0 radical (unpaired) electrons. The smallest absolute Gasteiger partial charge is 0.320 e. The van der Waals surface area contributed by atoms with Crippen molar-refractivity contribution >= 4 is 11.9 Å². The van der Waals surface area contributed by atoms with Crippen LogP contribution in [0.15, 0.2) is 30.3 Å². The van der Waals surface area contributed by atoms with E-state index in [9.17, 15) is 14.7 Å². The van der Waals surface area contributed by atoms with Gasteiger partial charge in [-0.2, -0.15) is 0 Å². The van der Waals surface area contributed by atoms with E-state index in [0.717, 1.165) is 25.9 Å². The minimum atomic E-state index is -0.753. The van der Waals surface area contributed by atoms with Crippen LogP contribution in [0.25, 0.3) is 0 Å². The maximum atomic E-state index is 12.0. The molecule has 1 aliphatic heterocycles.